The van der Waals surface area contributed by atoms with Crippen molar-refractivity contribution in [2.45, 2.75) is 5.54 Å². The molecule has 2 fully saturated rings. The summed E-state index contributed by atoms with van der Waals surface area (Å²) in [4.78, 5) is 27.0. The summed E-state index contributed by atoms with van der Waals surface area (Å²) in [6, 6.07) is 9.67. The first-order valence-electron chi connectivity index (χ1n) is 6.64. The Morgan fingerprint density at radius 1 is 1.30 bits per heavy atom. The summed E-state index contributed by atoms with van der Waals surface area (Å²) >= 11 is 0. The van der Waals surface area contributed by atoms with Crippen molar-refractivity contribution >= 4 is 18.0 Å². The molecule has 0 aliphatic carbocycles. The first-order valence-corrected chi connectivity index (χ1v) is 6.64. The van der Waals surface area contributed by atoms with Gasteiger partial charge in [0.25, 0.3) is 0 Å². The van der Waals surface area contributed by atoms with Crippen LogP contribution < -0.4 is 5.32 Å². The van der Waals surface area contributed by atoms with Crippen LogP contribution in [0.1, 0.15) is 5.56 Å². The fourth-order valence-electron chi connectivity index (χ4n) is 2.67. The minimum Gasteiger partial charge on any atom is -0.335 e. The van der Waals surface area contributed by atoms with E-state index < -0.39 is 0 Å². The molecule has 0 radical (unpaired) electrons. The Bertz CT molecular complexity index is 562. The fourth-order valence-corrected chi connectivity index (χ4v) is 2.67. The molecule has 5 heteroatoms. The maximum atomic E-state index is 12.0. The average Bonchev–Trinajstić information content (AvgIpc) is 2.72. The van der Waals surface area contributed by atoms with Crippen LogP contribution in [0.25, 0.3) is 6.08 Å². The molecule has 0 aromatic heterocycles. The van der Waals surface area contributed by atoms with Crippen LogP contribution in [0.3, 0.4) is 0 Å². The van der Waals surface area contributed by atoms with Crippen LogP contribution in [0.4, 0.5) is 4.79 Å². The third-order valence-electron chi connectivity index (χ3n) is 4.08. The summed E-state index contributed by atoms with van der Waals surface area (Å²) in [6.45, 7) is 1.81. The zero-order valence-corrected chi connectivity index (χ0v) is 11.4. The van der Waals surface area contributed by atoms with E-state index in [1.54, 1.807) is 22.9 Å². The average molecular weight is 271 g/mol. The number of urea groups is 1. The summed E-state index contributed by atoms with van der Waals surface area (Å²) < 4.78 is 0. The van der Waals surface area contributed by atoms with E-state index in [9.17, 15) is 9.59 Å². The van der Waals surface area contributed by atoms with Gasteiger partial charge in [-0.2, -0.15) is 0 Å². The zero-order valence-electron chi connectivity index (χ0n) is 11.4. The number of rotatable bonds is 2. The van der Waals surface area contributed by atoms with Crippen molar-refractivity contribution < 1.29 is 9.59 Å². The van der Waals surface area contributed by atoms with Crippen molar-refractivity contribution in [3.63, 3.8) is 0 Å². The third-order valence-corrected chi connectivity index (χ3v) is 4.08. The van der Waals surface area contributed by atoms with Gasteiger partial charge >= 0.3 is 6.03 Å². The number of carbonyl (C=O) groups excluding carboxylic acids is 2. The van der Waals surface area contributed by atoms with Crippen LogP contribution in [-0.4, -0.2) is 54.0 Å². The van der Waals surface area contributed by atoms with E-state index in [0.717, 1.165) is 5.56 Å². The molecule has 3 rings (SSSR count). The Labute approximate surface area is 117 Å². The van der Waals surface area contributed by atoms with Gasteiger partial charge < -0.3 is 15.1 Å². The molecule has 2 aliphatic rings. The molecule has 0 unspecified atom stereocenters. The van der Waals surface area contributed by atoms with Gasteiger partial charge in [0, 0.05) is 32.8 Å². The summed E-state index contributed by atoms with van der Waals surface area (Å²) in [5.41, 5.74) is 0.804. The minimum absolute atomic E-state index is 0.00720. The summed E-state index contributed by atoms with van der Waals surface area (Å²) in [5, 5.41) is 2.81. The minimum atomic E-state index is -0.201. The lowest BCUT2D eigenvalue weighted by atomic mass is 9.89. The molecule has 5 nitrogen and oxygen atoms in total. The van der Waals surface area contributed by atoms with E-state index in [1.807, 2.05) is 36.4 Å². The lowest BCUT2D eigenvalue weighted by Gasteiger charge is -2.50. The third kappa shape index (κ3) is 2.05. The largest absolute Gasteiger partial charge is 0.335 e. The number of hydrogen-bond acceptors (Lipinski definition) is 2. The van der Waals surface area contributed by atoms with Crippen LogP contribution in [-0.2, 0) is 4.79 Å². The van der Waals surface area contributed by atoms with Gasteiger partial charge in [-0.05, 0) is 11.6 Å². The SMILES string of the molecule is CN1C(=O)NCC12CN(C(=O)C=Cc1ccccc1)C2. The van der Waals surface area contributed by atoms with Gasteiger partial charge in [0.05, 0.1) is 5.54 Å². The zero-order chi connectivity index (χ0) is 14.2. The van der Waals surface area contributed by atoms with Crippen molar-refractivity contribution in [2.75, 3.05) is 26.7 Å². The molecule has 3 amide bonds. The maximum absolute atomic E-state index is 12.0. The number of likely N-dealkylation sites (N-methyl/N-ethyl adjacent to an activating group) is 1. The first kappa shape index (κ1) is 12.7. The van der Waals surface area contributed by atoms with Crippen LogP contribution in [0.15, 0.2) is 36.4 Å². The summed E-state index contributed by atoms with van der Waals surface area (Å²) in [7, 11) is 1.78. The van der Waals surface area contributed by atoms with Crippen molar-refractivity contribution in [1.82, 2.24) is 15.1 Å². The van der Waals surface area contributed by atoms with E-state index in [0.29, 0.717) is 19.6 Å². The van der Waals surface area contributed by atoms with E-state index >= 15 is 0 Å². The highest BCUT2D eigenvalue weighted by Crippen LogP contribution is 2.30. The number of likely N-dealkylation sites (tertiary alicyclic amines) is 1. The molecule has 1 aromatic carbocycles. The van der Waals surface area contributed by atoms with Gasteiger partial charge in [-0.1, -0.05) is 30.3 Å². The predicted octanol–water partition coefficient (Wildman–Crippen LogP) is 0.936. The number of benzene rings is 1. The number of amides is 3. The Morgan fingerprint density at radius 3 is 2.60 bits per heavy atom. The second-order valence-corrected chi connectivity index (χ2v) is 5.38. The van der Waals surface area contributed by atoms with Gasteiger partial charge in [0.1, 0.15) is 0 Å². The summed E-state index contributed by atoms with van der Waals surface area (Å²) in [5.74, 6) is -0.00720. The summed E-state index contributed by atoms with van der Waals surface area (Å²) in [6.07, 6.45) is 3.40. The number of nitrogens with one attached hydrogen (secondary N) is 1. The molecule has 0 bridgehead atoms. The Kier molecular flexibility index (Phi) is 2.97. The van der Waals surface area contributed by atoms with Crippen LogP contribution >= 0.6 is 0 Å². The van der Waals surface area contributed by atoms with Gasteiger partial charge in [-0.3, -0.25) is 4.79 Å². The fraction of sp³-hybridized carbons (Fsp3) is 0.333. The molecule has 1 aromatic rings. The Hall–Kier alpha value is -2.30. The van der Waals surface area contributed by atoms with Crippen molar-refractivity contribution in [3.8, 4) is 0 Å². The first-order chi connectivity index (χ1) is 9.61. The molecular formula is C15H17N3O2. The molecule has 2 saturated heterocycles. The molecule has 0 saturated carbocycles. The molecule has 0 atom stereocenters. The predicted molar refractivity (Wildman–Crippen MR) is 75.9 cm³/mol. The normalized spacial score (nSPS) is 20.4. The monoisotopic (exact) mass is 271 g/mol. The van der Waals surface area contributed by atoms with Gasteiger partial charge in [0.15, 0.2) is 0 Å². The van der Waals surface area contributed by atoms with Gasteiger partial charge in [-0.15, -0.1) is 0 Å². The standard InChI is InChI=1S/C15H17N3O2/c1-17-14(20)16-9-15(17)10-18(11-15)13(19)8-7-12-5-3-2-4-6-12/h2-8H,9-11H2,1H3,(H,16,20). The lowest BCUT2D eigenvalue weighted by Crippen LogP contribution is -2.69. The number of nitrogens with zero attached hydrogens (tertiary/aromatic N) is 2. The molecule has 20 heavy (non-hydrogen) atoms. The molecule has 1 spiro atoms. The quantitative estimate of drug-likeness (QED) is 0.814. The lowest BCUT2D eigenvalue weighted by molar-refractivity contribution is -0.136. The van der Waals surface area contributed by atoms with E-state index in [2.05, 4.69) is 5.32 Å². The van der Waals surface area contributed by atoms with Gasteiger partial charge in [-0.25, -0.2) is 4.79 Å². The molecule has 2 aliphatic heterocycles. The van der Waals surface area contributed by atoms with E-state index in [-0.39, 0.29) is 17.5 Å². The number of hydrogen-bond donors (Lipinski definition) is 1. The Morgan fingerprint density at radius 2 is 2.00 bits per heavy atom. The number of carbonyl (C=O) groups is 2. The molecule has 104 valence electrons. The van der Waals surface area contributed by atoms with Crippen LogP contribution in [0.2, 0.25) is 0 Å². The van der Waals surface area contributed by atoms with Crippen LogP contribution in [0, 0.1) is 0 Å². The molecular weight excluding hydrogens is 254 g/mol. The maximum Gasteiger partial charge on any atom is 0.317 e. The van der Waals surface area contributed by atoms with Crippen molar-refractivity contribution in [2.24, 2.45) is 0 Å². The van der Waals surface area contributed by atoms with E-state index in [4.69, 9.17) is 0 Å². The van der Waals surface area contributed by atoms with Crippen LogP contribution in [0.5, 0.6) is 0 Å². The van der Waals surface area contributed by atoms with Crippen molar-refractivity contribution in [1.29, 1.82) is 0 Å². The highest BCUT2D eigenvalue weighted by molar-refractivity contribution is 5.93. The molecule has 2 heterocycles. The van der Waals surface area contributed by atoms with Gasteiger partial charge in [0.2, 0.25) is 5.91 Å². The second-order valence-electron chi connectivity index (χ2n) is 5.38. The second kappa shape index (κ2) is 4.67. The van der Waals surface area contributed by atoms with Crippen molar-refractivity contribution in [3.05, 3.63) is 42.0 Å². The Balaban J connectivity index is 1.59. The molecule has 1 N–H and O–H groups in total. The smallest absolute Gasteiger partial charge is 0.317 e. The van der Waals surface area contributed by atoms with E-state index in [1.165, 1.54) is 0 Å². The highest BCUT2D eigenvalue weighted by Gasteiger charge is 2.53. The highest BCUT2D eigenvalue weighted by atomic mass is 16.2. The topological polar surface area (TPSA) is 52.7 Å².